The summed E-state index contributed by atoms with van der Waals surface area (Å²) in [6, 6.07) is 0. The van der Waals surface area contributed by atoms with E-state index in [9.17, 15) is 0 Å². The van der Waals surface area contributed by atoms with Crippen LogP contribution in [-0.4, -0.2) is 11.9 Å². The van der Waals surface area contributed by atoms with Gasteiger partial charge in [0.2, 0.25) is 0 Å². The second-order valence-electron chi connectivity index (χ2n) is 4.58. The van der Waals surface area contributed by atoms with Crippen molar-refractivity contribution in [2.24, 2.45) is 15.4 Å². The molecule has 1 aliphatic carbocycles. The minimum absolute atomic E-state index is 0.181. The molecule has 1 atom stereocenters. The molecule has 3 aliphatic rings. The summed E-state index contributed by atoms with van der Waals surface area (Å²) in [7, 11) is 0. The fourth-order valence-corrected chi connectivity index (χ4v) is 2.95. The summed E-state index contributed by atoms with van der Waals surface area (Å²) >= 11 is 0. The first-order valence-electron chi connectivity index (χ1n) is 5.87. The highest BCUT2D eigenvalue weighted by Gasteiger charge is 2.41. The largest absolute Gasteiger partial charge is 0.265 e. The van der Waals surface area contributed by atoms with Gasteiger partial charge in [0.05, 0.1) is 5.41 Å². The number of allylic oxidation sites excluding steroid dienone is 3. The van der Waals surface area contributed by atoms with E-state index in [2.05, 4.69) is 28.4 Å². The molecular formula is C13H16N2. The number of nitrogens with zero attached hydrogens (tertiary/aromatic N) is 2. The van der Waals surface area contributed by atoms with Gasteiger partial charge in [0.25, 0.3) is 0 Å². The second-order valence-corrected chi connectivity index (χ2v) is 4.58. The topological polar surface area (TPSA) is 24.7 Å². The summed E-state index contributed by atoms with van der Waals surface area (Å²) in [6.45, 7) is 0. The molecule has 0 saturated carbocycles. The average Bonchev–Trinajstić information content (AvgIpc) is 2.47. The van der Waals surface area contributed by atoms with Crippen molar-refractivity contribution >= 4 is 11.9 Å². The number of aliphatic imine (C=N–C) groups is 2. The standard InChI is InChI=1S/C13H16N2/c1-2-7-13-8-4-10-15-12(13)6-3-9-14-11(13)5-1/h4-5,9-10H,1-3,6-8H2. The number of hydrogen-bond acceptors (Lipinski definition) is 2. The number of hydrogen-bond donors (Lipinski definition) is 0. The van der Waals surface area contributed by atoms with Crippen molar-refractivity contribution in [3.05, 3.63) is 24.0 Å². The molecule has 0 radical (unpaired) electrons. The Morgan fingerprint density at radius 1 is 1.27 bits per heavy atom. The maximum absolute atomic E-state index is 4.64. The normalized spacial score (nSPS) is 33.6. The van der Waals surface area contributed by atoms with E-state index in [4.69, 9.17) is 0 Å². The van der Waals surface area contributed by atoms with Crippen molar-refractivity contribution in [2.45, 2.75) is 38.5 Å². The molecule has 78 valence electrons. The van der Waals surface area contributed by atoms with Crippen LogP contribution in [0.2, 0.25) is 0 Å². The minimum atomic E-state index is 0.181. The highest BCUT2D eigenvalue weighted by molar-refractivity contribution is 5.96. The van der Waals surface area contributed by atoms with Crippen LogP contribution in [0.4, 0.5) is 0 Å². The summed E-state index contributed by atoms with van der Waals surface area (Å²) in [5.74, 6) is 0. The second kappa shape index (κ2) is 3.44. The van der Waals surface area contributed by atoms with Gasteiger partial charge in [-0.15, -0.1) is 0 Å². The third-order valence-corrected chi connectivity index (χ3v) is 3.73. The quantitative estimate of drug-likeness (QED) is 0.573. The number of rotatable bonds is 0. The summed E-state index contributed by atoms with van der Waals surface area (Å²) in [6.07, 6.45) is 15.5. The van der Waals surface area contributed by atoms with Crippen LogP contribution < -0.4 is 0 Å². The maximum Gasteiger partial charge on any atom is 0.0540 e. The fraction of sp³-hybridized carbons (Fsp3) is 0.538. The molecule has 0 amide bonds. The van der Waals surface area contributed by atoms with Crippen LogP contribution in [0.5, 0.6) is 0 Å². The predicted molar refractivity (Wildman–Crippen MR) is 63.3 cm³/mol. The molecule has 2 aliphatic heterocycles. The third-order valence-electron chi connectivity index (χ3n) is 3.73. The van der Waals surface area contributed by atoms with Crippen LogP contribution in [-0.2, 0) is 0 Å². The molecule has 15 heavy (non-hydrogen) atoms. The van der Waals surface area contributed by atoms with E-state index >= 15 is 0 Å². The Labute approximate surface area is 90.5 Å². The Hall–Kier alpha value is -1.18. The first kappa shape index (κ1) is 9.08. The fourth-order valence-electron chi connectivity index (χ4n) is 2.95. The Bertz CT molecular complexity index is 387. The zero-order chi connectivity index (χ0) is 10.1. The van der Waals surface area contributed by atoms with Crippen molar-refractivity contribution in [2.75, 3.05) is 0 Å². The van der Waals surface area contributed by atoms with Crippen molar-refractivity contribution < 1.29 is 0 Å². The SMILES string of the molecule is C1=CN=C2CCC=NC3=CCCCC32C1. The molecule has 0 N–H and O–H groups in total. The lowest BCUT2D eigenvalue weighted by Gasteiger charge is -2.37. The Kier molecular flexibility index (Phi) is 2.08. The third kappa shape index (κ3) is 1.31. The van der Waals surface area contributed by atoms with Gasteiger partial charge in [0.1, 0.15) is 0 Å². The zero-order valence-electron chi connectivity index (χ0n) is 8.95. The molecule has 3 rings (SSSR count). The van der Waals surface area contributed by atoms with Crippen molar-refractivity contribution in [3.63, 3.8) is 0 Å². The predicted octanol–water partition coefficient (Wildman–Crippen LogP) is 3.26. The molecule has 0 saturated heterocycles. The van der Waals surface area contributed by atoms with E-state index in [1.807, 2.05) is 6.20 Å². The zero-order valence-corrected chi connectivity index (χ0v) is 8.95. The first-order chi connectivity index (χ1) is 7.42. The lowest BCUT2D eigenvalue weighted by molar-refractivity contribution is 0.414. The maximum atomic E-state index is 4.64. The van der Waals surface area contributed by atoms with Crippen LogP contribution in [0.25, 0.3) is 0 Å². The monoisotopic (exact) mass is 200 g/mol. The summed E-state index contributed by atoms with van der Waals surface area (Å²) in [4.78, 5) is 9.24. The summed E-state index contributed by atoms with van der Waals surface area (Å²) in [5.41, 5.74) is 2.84. The molecule has 0 fully saturated rings. The summed E-state index contributed by atoms with van der Waals surface area (Å²) < 4.78 is 0. The van der Waals surface area contributed by atoms with E-state index in [-0.39, 0.29) is 5.41 Å². The van der Waals surface area contributed by atoms with Crippen molar-refractivity contribution in [3.8, 4) is 0 Å². The molecule has 2 heterocycles. The van der Waals surface area contributed by atoms with Crippen LogP contribution in [0.15, 0.2) is 34.0 Å². The molecule has 2 nitrogen and oxygen atoms in total. The summed E-state index contributed by atoms with van der Waals surface area (Å²) in [5, 5.41) is 0. The Morgan fingerprint density at radius 3 is 3.27 bits per heavy atom. The molecule has 0 aromatic heterocycles. The van der Waals surface area contributed by atoms with Crippen LogP contribution >= 0.6 is 0 Å². The van der Waals surface area contributed by atoms with Gasteiger partial charge in [-0.2, -0.15) is 0 Å². The van der Waals surface area contributed by atoms with Gasteiger partial charge in [-0.1, -0.05) is 12.2 Å². The van der Waals surface area contributed by atoms with E-state index in [0.29, 0.717) is 0 Å². The van der Waals surface area contributed by atoms with Gasteiger partial charge in [0, 0.05) is 23.8 Å². The van der Waals surface area contributed by atoms with Gasteiger partial charge in [-0.25, -0.2) is 0 Å². The molecule has 2 heteroatoms. The Morgan fingerprint density at radius 2 is 2.27 bits per heavy atom. The molecule has 1 unspecified atom stereocenters. The molecule has 0 bridgehead atoms. The molecule has 1 spiro atoms. The van der Waals surface area contributed by atoms with Crippen LogP contribution in [0.1, 0.15) is 38.5 Å². The van der Waals surface area contributed by atoms with E-state index in [1.165, 1.54) is 30.7 Å². The average molecular weight is 200 g/mol. The molecule has 0 aromatic carbocycles. The molecule has 0 aromatic rings. The van der Waals surface area contributed by atoms with Gasteiger partial charge in [-0.3, -0.25) is 9.98 Å². The van der Waals surface area contributed by atoms with Gasteiger partial charge in [0.15, 0.2) is 0 Å². The Balaban J connectivity index is 2.12. The van der Waals surface area contributed by atoms with E-state index in [1.54, 1.807) is 0 Å². The van der Waals surface area contributed by atoms with Crippen molar-refractivity contribution in [1.82, 2.24) is 0 Å². The van der Waals surface area contributed by atoms with E-state index < -0.39 is 0 Å². The highest BCUT2D eigenvalue weighted by atomic mass is 14.8. The van der Waals surface area contributed by atoms with Crippen LogP contribution in [0.3, 0.4) is 0 Å². The minimum Gasteiger partial charge on any atom is -0.265 e. The van der Waals surface area contributed by atoms with Gasteiger partial charge in [-0.05, 0) is 38.5 Å². The van der Waals surface area contributed by atoms with Gasteiger partial charge >= 0.3 is 0 Å². The highest BCUT2D eigenvalue weighted by Crippen LogP contribution is 2.46. The molecular weight excluding hydrogens is 184 g/mol. The smallest absolute Gasteiger partial charge is 0.0540 e. The first-order valence-corrected chi connectivity index (χ1v) is 5.87. The van der Waals surface area contributed by atoms with Gasteiger partial charge < -0.3 is 0 Å². The lowest BCUT2D eigenvalue weighted by Crippen LogP contribution is -2.34. The lowest BCUT2D eigenvalue weighted by atomic mass is 9.68. The van der Waals surface area contributed by atoms with Crippen molar-refractivity contribution in [1.29, 1.82) is 0 Å². The van der Waals surface area contributed by atoms with E-state index in [0.717, 1.165) is 19.3 Å². The van der Waals surface area contributed by atoms with Crippen LogP contribution in [0, 0.1) is 5.41 Å².